The van der Waals surface area contributed by atoms with Gasteiger partial charge in [-0.05, 0) is 18.2 Å². The summed E-state index contributed by atoms with van der Waals surface area (Å²) in [4.78, 5) is 5.80. The normalized spacial score (nSPS) is 14.2. The number of allylic oxidation sites excluding steroid dienone is 7. The van der Waals surface area contributed by atoms with Crippen molar-refractivity contribution in [3.05, 3.63) is 82.6 Å². The number of hydrogen-bond acceptors (Lipinski definition) is 3. The van der Waals surface area contributed by atoms with E-state index in [0.717, 1.165) is 25.4 Å². The summed E-state index contributed by atoms with van der Waals surface area (Å²) in [5, 5.41) is 2.34. The van der Waals surface area contributed by atoms with Crippen LogP contribution in [0.5, 0.6) is 0 Å². The van der Waals surface area contributed by atoms with Gasteiger partial charge < -0.3 is 0 Å². The van der Waals surface area contributed by atoms with Gasteiger partial charge >= 0.3 is 0 Å². The van der Waals surface area contributed by atoms with E-state index in [-0.39, 0.29) is 0 Å². The van der Waals surface area contributed by atoms with E-state index in [4.69, 9.17) is 0 Å². The minimum atomic E-state index is 0.516. The van der Waals surface area contributed by atoms with Gasteiger partial charge in [0.05, 0.1) is 9.88 Å². The largest absolute Gasteiger partial charge is 0.236 e. The number of hydrogen-bond donors (Lipinski definition) is 0. The maximum absolute atomic E-state index is 4.67. The summed E-state index contributed by atoms with van der Waals surface area (Å²) in [7, 11) is 0. The van der Waals surface area contributed by atoms with Crippen molar-refractivity contribution < 1.29 is 0 Å². The van der Waals surface area contributed by atoms with Crippen LogP contribution in [-0.2, 0) is 0 Å². The molecule has 0 aliphatic heterocycles. The third kappa shape index (κ3) is 6.05. The molecule has 0 saturated carbocycles. The first kappa shape index (κ1) is 19.2. The molecule has 0 bridgehead atoms. The zero-order chi connectivity index (χ0) is 17.2. The lowest BCUT2D eigenvalue weighted by molar-refractivity contribution is 1.12. The lowest BCUT2D eigenvalue weighted by Gasteiger charge is -2.04. The zero-order valence-electron chi connectivity index (χ0n) is 13.8. The zero-order valence-corrected chi connectivity index (χ0v) is 15.4. The van der Waals surface area contributed by atoms with Crippen LogP contribution in [0.3, 0.4) is 0 Å². The smallest absolute Gasteiger partial charge is 0.124 e. The van der Waals surface area contributed by atoms with Crippen LogP contribution in [0.25, 0.3) is 17.7 Å². The quantitative estimate of drug-likeness (QED) is 0.627. The van der Waals surface area contributed by atoms with Crippen molar-refractivity contribution in [2.45, 2.75) is 19.1 Å². The third-order valence-corrected chi connectivity index (χ3v) is 4.82. The van der Waals surface area contributed by atoms with Crippen LogP contribution in [-0.4, -0.2) is 10.2 Å². The topological polar surface area (TPSA) is 12.9 Å². The predicted molar refractivity (Wildman–Crippen MR) is 110 cm³/mol. The highest BCUT2D eigenvalue weighted by Gasteiger charge is 2.03. The van der Waals surface area contributed by atoms with Gasteiger partial charge in [-0.3, -0.25) is 0 Å². The molecule has 0 aliphatic carbocycles. The molecule has 1 rings (SSSR count). The Morgan fingerprint density at radius 1 is 1.04 bits per heavy atom. The number of thiazole rings is 1. The lowest BCUT2D eigenvalue weighted by Crippen LogP contribution is -2.19. The Morgan fingerprint density at radius 3 is 2.26 bits per heavy atom. The standard InChI is InChI=1S/C20H23NS2/c1-7-11-18-19(12-8-2)23-20(21-18)16(9-3)13-14-17(10-4)22-15(5)6/h7-15H,1-4H2,5-6H3/b16-13+,17-14+,18-11+,19-12+. The Kier molecular flexibility index (Phi) is 8.38. The van der Waals surface area contributed by atoms with E-state index < -0.39 is 0 Å². The summed E-state index contributed by atoms with van der Waals surface area (Å²) in [6.45, 7) is 19.6. The lowest BCUT2D eigenvalue weighted by atomic mass is 10.2. The van der Waals surface area contributed by atoms with Crippen LogP contribution in [0, 0.1) is 0 Å². The first-order valence-electron chi connectivity index (χ1n) is 7.32. The molecule has 23 heavy (non-hydrogen) atoms. The molecule has 0 saturated heterocycles. The minimum absolute atomic E-state index is 0.516. The molecule has 3 heteroatoms. The molecule has 1 nitrogen and oxygen atoms in total. The second-order valence-corrected chi connectivity index (χ2v) is 7.52. The van der Waals surface area contributed by atoms with Gasteiger partial charge in [0, 0.05) is 15.7 Å². The molecule has 120 valence electrons. The maximum Gasteiger partial charge on any atom is 0.124 e. The molecule has 0 amide bonds. The molecule has 0 spiro atoms. The molecule has 1 heterocycles. The van der Waals surface area contributed by atoms with Crippen molar-refractivity contribution in [2.24, 2.45) is 0 Å². The average molecular weight is 342 g/mol. The Bertz CT molecular complexity index is 721. The molecule has 1 aromatic rings. The number of rotatable bonds is 8. The van der Waals surface area contributed by atoms with Gasteiger partial charge in [-0.15, -0.1) is 23.1 Å². The SMILES string of the molecule is C=C/C=c1/nc(/C(C=C)=C/C=C(\C=C)SC(C)C)s/c1=C/C=C. The van der Waals surface area contributed by atoms with Crippen LogP contribution < -0.4 is 9.88 Å². The second-order valence-electron chi connectivity index (χ2n) is 4.84. The van der Waals surface area contributed by atoms with E-state index in [0.29, 0.717) is 5.25 Å². The van der Waals surface area contributed by atoms with Crippen LogP contribution in [0.1, 0.15) is 18.9 Å². The van der Waals surface area contributed by atoms with Crippen LogP contribution in [0.15, 0.2) is 67.7 Å². The Labute approximate surface area is 147 Å². The van der Waals surface area contributed by atoms with Crippen LogP contribution in [0.4, 0.5) is 0 Å². The van der Waals surface area contributed by atoms with Crippen molar-refractivity contribution >= 4 is 40.8 Å². The van der Waals surface area contributed by atoms with Crippen molar-refractivity contribution in [3.8, 4) is 0 Å². The Morgan fingerprint density at radius 2 is 1.74 bits per heavy atom. The van der Waals surface area contributed by atoms with E-state index >= 15 is 0 Å². The number of nitrogens with zero attached hydrogens (tertiary/aromatic N) is 1. The van der Waals surface area contributed by atoms with Gasteiger partial charge in [-0.25, -0.2) is 4.98 Å². The summed E-state index contributed by atoms with van der Waals surface area (Å²) in [5.41, 5.74) is 0.987. The summed E-state index contributed by atoms with van der Waals surface area (Å²) >= 11 is 3.39. The first-order chi connectivity index (χ1) is 11.0. The van der Waals surface area contributed by atoms with Crippen molar-refractivity contribution in [3.63, 3.8) is 0 Å². The second kappa shape index (κ2) is 10.0. The highest BCUT2D eigenvalue weighted by molar-refractivity contribution is 8.03. The third-order valence-electron chi connectivity index (χ3n) is 2.69. The predicted octanol–water partition coefficient (Wildman–Crippen LogP) is 4.86. The van der Waals surface area contributed by atoms with Gasteiger partial charge in [0.25, 0.3) is 0 Å². The fourth-order valence-corrected chi connectivity index (χ4v) is 3.54. The molecule has 0 unspecified atom stereocenters. The van der Waals surface area contributed by atoms with E-state index in [1.165, 1.54) is 0 Å². The number of thioether (sulfide) groups is 1. The highest BCUT2D eigenvalue weighted by Crippen LogP contribution is 2.23. The Balaban J connectivity index is 3.33. The summed E-state index contributed by atoms with van der Waals surface area (Å²) in [6.07, 6.45) is 15.2. The van der Waals surface area contributed by atoms with Gasteiger partial charge in [-0.1, -0.05) is 70.5 Å². The van der Waals surface area contributed by atoms with Crippen molar-refractivity contribution in [2.75, 3.05) is 0 Å². The van der Waals surface area contributed by atoms with E-state index in [1.807, 2.05) is 30.4 Å². The summed E-state index contributed by atoms with van der Waals surface area (Å²) < 4.78 is 1.06. The molecule has 1 aromatic heterocycles. The molecular weight excluding hydrogens is 318 g/mol. The van der Waals surface area contributed by atoms with Gasteiger partial charge in [0.15, 0.2) is 0 Å². The average Bonchev–Trinajstić information content (AvgIpc) is 2.90. The maximum atomic E-state index is 4.67. The first-order valence-corrected chi connectivity index (χ1v) is 9.01. The molecule has 0 aromatic carbocycles. The minimum Gasteiger partial charge on any atom is -0.236 e. The van der Waals surface area contributed by atoms with E-state index in [9.17, 15) is 0 Å². The van der Waals surface area contributed by atoms with Crippen LogP contribution in [0.2, 0.25) is 0 Å². The number of aromatic nitrogens is 1. The fourth-order valence-electron chi connectivity index (χ4n) is 1.75. The van der Waals surface area contributed by atoms with Crippen molar-refractivity contribution in [1.82, 2.24) is 4.98 Å². The van der Waals surface area contributed by atoms with Crippen LogP contribution >= 0.6 is 23.1 Å². The molecular formula is C20H23NS2. The molecule has 0 aliphatic rings. The van der Waals surface area contributed by atoms with Gasteiger partial charge in [0.1, 0.15) is 5.01 Å². The molecule has 0 radical (unpaired) electrons. The molecule has 0 N–H and O–H groups in total. The fraction of sp³-hybridized carbons (Fsp3) is 0.150. The summed E-state index contributed by atoms with van der Waals surface area (Å²) in [6, 6.07) is 0. The monoisotopic (exact) mass is 341 g/mol. The Hall–Kier alpha value is -1.84. The van der Waals surface area contributed by atoms with E-state index in [2.05, 4.69) is 51.2 Å². The van der Waals surface area contributed by atoms with Gasteiger partial charge in [0.2, 0.25) is 0 Å². The summed E-state index contributed by atoms with van der Waals surface area (Å²) in [5.74, 6) is 0. The van der Waals surface area contributed by atoms with E-state index in [1.54, 1.807) is 35.3 Å². The van der Waals surface area contributed by atoms with Crippen molar-refractivity contribution in [1.29, 1.82) is 0 Å². The van der Waals surface area contributed by atoms with Gasteiger partial charge in [-0.2, -0.15) is 0 Å². The molecule has 0 atom stereocenters. The highest BCUT2D eigenvalue weighted by atomic mass is 32.2. The molecule has 0 fully saturated rings.